The van der Waals surface area contributed by atoms with Crippen molar-refractivity contribution in [2.75, 3.05) is 11.8 Å². The smallest absolute Gasteiger partial charge is 0.261 e. The molecule has 0 saturated carbocycles. The SMILES string of the molecule is COc1ccc([C@H](C)NC(=O)c2ccc(C)c(NS(=O)(=O)c3ccccc3)c2)cc1. The zero-order chi connectivity index (χ0) is 21.7. The third-order valence-electron chi connectivity index (χ3n) is 4.76. The van der Waals surface area contributed by atoms with E-state index in [0.717, 1.165) is 11.3 Å². The van der Waals surface area contributed by atoms with E-state index in [2.05, 4.69) is 10.0 Å². The molecule has 0 fully saturated rings. The van der Waals surface area contributed by atoms with Gasteiger partial charge in [0.15, 0.2) is 0 Å². The molecule has 0 aromatic heterocycles. The Labute approximate surface area is 177 Å². The van der Waals surface area contributed by atoms with Crippen molar-refractivity contribution in [3.05, 3.63) is 89.5 Å². The molecule has 0 heterocycles. The predicted octanol–water partition coefficient (Wildman–Crippen LogP) is 4.30. The first kappa shape index (κ1) is 21.4. The van der Waals surface area contributed by atoms with Gasteiger partial charge in [-0.2, -0.15) is 0 Å². The topological polar surface area (TPSA) is 84.5 Å². The summed E-state index contributed by atoms with van der Waals surface area (Å²) in [7, 11) is -2.15. The van der Waals surface area contributed by atoms with Crippen molar-refractivity contribution in [3.8, 4) is 5.75 Å². The summed E-state index contributed by atoms with van der Waals surface area (Å²) in [6.07, 6.45) is 0. The molecule has 3 rings (SSSR count). The number of aryl methyl sites for hydroxylation is 1. The van der Waals surface area contributed by atoms with Gasteiger partial charge in [-0.15, -0.1) is 0 Å². The zero-order valence-corrected chi connectivity index (χ0v) is 17.9. The average Bonchev–Trinajstić information content (AvgIpc) is 2.75. The molecule has 3 aromatic carbocycles. The number of hydrogen-bond acceptors (Lipinski definition) is 4. The van der Waals surface area contributed by atoms with Crippen LogP contribution in [0.25, 0.3) is 0 Å². The van der Waals surface area contributed by atoms with E-state index in [4.69, 9.17) is 4.74 Å². The minimum absolute atomic E-state index is 0.160. The first-order chi connectivity index (χ1) is 14.3. The lowest BCUT2D eigenvalue weighted by atomic mass is 10.1. The highest BCUT2D eigenvalue weighted by molar-refractivity contribution is 7.92. The van der Waals surface area contributed by atoms with Crippen molar-refractivity contribution < 1.29 is 17.9 Å². The van der Waals surface area contributed by atoms with Crippen LogP contribution in [-0.4, -0.2) is 21.4 Å². The highest BCUT2D eigenvalue weighted by atomic mass is 32.2. The number of carbonyl (C=O) groups is 1. The van der Waals surface area contributed by atoms with Crippen LogP contribution in [0.15, 0.2) is 77.7 Å². The summed E-state index contributed by atoms with van der Waals surface area (Å²) < 4.78 is 33.0. The molecule has 6 nitrogen and oxygen atoms in total. The first-order valence-corrected chi connectivity index (χ1v) is 10.9. The maximum atomic E-state index is 12.7. The van der Waals surface area contributed by atoms with Crippen molar-refractivity contribution in [3.63, 3.8) is 0 Å². The van der Waals surface area contributed by atoms with E-state index >= 15 is 0 Å². The summed E-state index contributed by atoms with van der Waals surface area (Å²) in [5.74, 6) is 0.449. The standard InChI is InChI=1S/C23H24N2O4S/c1-16-9-10-19(15-22(16)25-30(27,28)21-7-5-4-6-8-21)23(26)24-17(2)18-11-13-20(29-3)14-12-18/h4-15,17,25H,1-3H3,(H,24,26)/t17-/m0/s1. The van der Waals surface area contributed by atoms with Gasteiger partial charge in [0.05, 0.1) is 23.7 Å². The van der Waals surface area contributed by atoms with Crippen LogP contribution >= 0.6 is 0 Å². The Hall–Kier alpha value is -3.32. The highest BCUT2D eigenvalue weighted by Crippen LogP contribution is 2.22. The quantitative estimate of drug-likeness (QED) is 0.592. The average molecular weight is 425 g/mol. The zero-order valence-electron chi connectivity index (χ0n) is 17.0. The van der Waals surface area contributed by atoms with Crippen LogP contribution < -0.4 is 14.8 Å². The molecule has 156 valence electrons. The Bertz CT molecular complexity index is 1130. The third kappa shape index (κ3) is 4.99. The minimum atomic E-state index is -3.74. The van der Waals surface area contributed by atoms with Crippen molar-refractivity contribution in [1.29, 1.82) is 0 Å². The lowest BCUT2D eigenvalue weighted by Crippen LogP contribution is -2.26. The van der Waals surface area contributed by atoms with Gasteiger partial charge in [-0.3, -0.25) is 9.52 Å². The molecule has 0 aliphatic carbocycles. The van der Waals surface area contributed by atoms with Gasteiger partial charge in [0.2, 0.25) is 0 Å². The molecule has 1 amide bonds. The van der Waals surface area contributed by atoms with E-state index in [9.17, 15) is 13.2 Å². The second-order valence-electron chi connectivity index (χ2n) is 6.92. The summed E-state index contributed by atoms with van der Waals surface area (Å²) in [5, 5.41) is 2.93. The number of benzene rings is 3. The molecule has 0 spiro atoms. The normalized spacial score (nSPS) is 12.1. The maximum absolute atomic E-state index is 12.7. The predicted molar refractivity (Wildman–Crippen MR) is 117 cm³/mol. The first-order valence-electron chi connectivity index (χ1n) is 9.43. The fourth-order valence-corrected chi connectivity index (χ4v) is 4.08. The molecular formula is C23H24N2O4S. The Kier molecular flexibility index (Phi) is 6.42. The van der Waals surface area contributed by atoms with Crippen LogP contribution in [0.5, 0.6) is 5.75 Å². The van der Waals surface area contributed by atoms with E-state index in [0.29, 0.717) is 16.8 Å². The molecule has 3 aromatic rings. The lowest BCUT2D eigenvalue weighted by Gasteiger charge is -2.16. The second kappa shape index (κ2) is 9.00. The van der Waals surface area contributed by atoms with Gasteiger partial charge in [-0.25, -0.2) is 8.42 Å². The van der Waals surface area contributed by atoms with Gasteiger partial charge in [-0.05, 0) is 61.4 Å². The number of amides is 1. The number of hydrogen-bond donors (Lipinski definition) is 2. The summed E-state index contributed by atoms with van der Waals surface area (Å²) in [6, 6.07) is 20.3. The van der Waals surface area contributed by atoms with Gasteiger partial charge >= 0.3 is 0 Å². The maximum Gasteiger partial charge on any atom is 0.261 e. The molecule has 0 radical (unpaired) electrons. The molecule has 0 aliphatic heterocycles. The highest BCUT2D eigenvalue weighted by Gasteiger charge is 2.17. The number of ether oxygens (including phenoxy) is 1. The van der Waals surface area contributed by atoms with Gasteiger partial charge in [-0.1, -0.05) is 36.4 Å². The van der Waals surface area contributed by atoms with Crippen LogP contribution in [0.4, 0.5) is 5.69 Å². The van der Waals surface area contributed by atoms with E-state index in [1.165, 1.54) is 12.1 Å². The number of nitrogens with one attached hydrogen (secondary N) is 2. The van der Waals surface area contributed by atoms with Gasteiger partial charge < -0.3 is 10.1 Å². The van der Waals surface area contributed by atoms with Crippen LogP contribution in [0.2, 0.25) is 0 Å². The number of anilines is 1. The molecule has 2 N–H and O–H groups in total. The Morgan fingerprint density at radius 1 is 0.967 bits per heavy atom. The second-order valence-corrected chi connectivity index (χ2v) is 8.60. The minimum Gasteiger partial charge on any atom is -0.497 e. The van der Waals surface area contributed by atoms with Gasteiger partial charge in [0.1, 0.15) is 5.75 Å². The molecule has 0 saturated heterocycles. The van der Waals surface area contributed by atoms with Crippen LogP contribution in [0.3, 0.4) is 0 Å². The lowest BCUT2D eigenvalue weighted by molar-refractivity contribution is 0.0940. The summed E-state index contributed by atoms with van der Waals surface area (Å²) in [5.41, 5.74) is 2.38. The number of methoxy groups -OCH3 is 1. The molecule has 7 heteroatoms. The Balaban J connectivity index is 1.77. The van der Waals surface area contributed by atoms with Crippen LogP contribution in [-0.2, 0) is 10.0 Å². The number of rotatable bonds is 7. The van der Waals surface area contributed by atoms with Crippen LogP contribution in [0.1, 0.15) is 34.5 Å². The van der Waals surface area contributed by atoms with Crippen LogP contribution in [0, 0.1) is 6.92 Å². The van der Waals surface area contributed by atoms with Gasteiger partial charge in [0.25, 0.3) is 15.9 Å². The largest absolute Gasteiger partial charge is 0.497 e. The monoisotopic (exact) mass is 424 g/mol. The number of carbonyl (C=O) groups excluding carboxylic acids is 1. The van der Waals surface area contributed by atoms with Gasteiger partial charge in [0, 0.05) is 5.56 Å². The number of sulfonamides is 1. The Morgan fingerprint density at radius 3 is 2.27 bits per heavy atom. The molecule has 0 aliphatic rings. The summed E-state index contributed by atoms with van der Waals surface area (Å²) in [6.45, 7) is 3.66. The van der Waals surface area contributed by atoms with Crippen molar-refractivity contribution in [2.24, 2.45) is 0 Å². The molecule has 0 unspecified atom stereocenters. The van der Waals surface area contributed by atoms with E-state index in [-0.39, 0.29) is 16.8 Å². The fraction of sp³-hybridized carbons (Fsp3) is 0.174. The van der Waals surface area contributed by atoms with E-state index < -0.39 is 10.0 Å². The molecule has 30 heavy (non-hydrogen) atoms. The van der Waals surface area contributed by atoms with Crippen molar-refractivity contribution in [1.82, 2.24) is 5.32 Å². The van der Waals surface area contributed by atoms with Crippen molar-refractivity contribution >= 4 is 21.6 Å². The van der Waals surface area contributed by atoms with E-state index in [1.54, 1.807) is 50.4 Å². The van der Waals surface area contributed by atoms with E-state index in [1.807, 2.05) is 31.2 Å². The summed E-state index contributed by atoms with van der Waals surface area (Å²) >= 11 is 0. The molecule has 0 bridgehead atoms. The Morgan fingerprint density at radius 2 is 1.63 bits per heavy atom. The molecule has 1 atom stereocenters. The van der Waals surface area contributed by atoms with Crippen molar-refractivity contribution in [2.45, 2.75) is 24.8 Å². The third-order valence-corrected chi connectivity index (χ3v) is 6.14. The molecular weight excluding hydrogens is 400 g/mol. The fourth-order valence-electron chi connectivity index (χ4n) is 2.93. The summed E-state index contributed by atoms with van der Waals surface area (Å²) in [4.78, 5) is 12.9.